The Labute approximate surface area is 105 Å². The molecule has 0 fully saturated rings. The minimum absolute atomic E-state index is 0.904. The van der Waals surface area contributed by atoms with Gasteiger partial charge in [0.05, 0.1) is 12.8 Å². The van der Waals surface area contributed by atoms with Crippen LogP contribution in [0.15, 0.2) is 16.7 Å². The van der Waals surface area contributed by atoms with Crippen LogP contribution < -0.4 is 5.32 Å². The van der Waals surface area contributed by atoms with E-state index in [1.165, 1.54) is 18.4 Å². The molecule has 1 N–H and O–H groups in total. The van der Waals surface area contributed by atoms with Gasteiger partial charge in [0.15, 0.2) is 0 Å². The van der Waals surface area contributed by atoms with Crippen molar-refractivity contribution in [1.29, 1.82) is 0 Å². The summed E-state index contributed by atoms with van der Waals surface area (Å²) < 4.78 is 5.60. The SMILES string of the molecule is CCCN(CCC)Cc1cc(CNCC)co1. The quantitative estimate of drug-likeness (QED) is 0.717. The molecule has 1 aromatic rings. The van der Waals surface area contributed by atoms with Crippen LogP contribution >= 0.6 is 0 Å². The molecule has 98 valence electrons. The topological polar surface area (TPSA) is 28.4 Å². The fourth-order valence-electron chi connectivity index (χ4n) is 1.99. The maximum Gasteiger partial charge on any atom is 0.118 e. The van der Waals surface area contributed by atoms with Gasteiger partial charge in [0.2, 0.25) is 0 Å². The normalized spacial score (nSPS) is 11.3. The average Bonchev–Trinajstić information content (AvgIpc) is 2.75. The first-order valence-corrected chi connectivity index (χ1v) is 6.79. The Morgan fingerprint density at radius 3 is 2.47 bits per heavy atom. The molecule has 0 spiro atoms. The third kappa shape index (κ3) is 5.37. The third-order valence-corrected chi connectivity index (χ3v) is 2.75. The van der Waals surface area contributed by atoms with E-state index in [-0.39, 0.29) is 0 Å². The molecule has 0 unspecified atom stereocenters. The van der Waals surface area contributed by atoms with E-state index in [2.05, 4.69) is 37.1 Å². The molecule has 1 heterocycles. The van der Waals surface area contributed by atoms with E-state index >= 15 is 0 Å². The predicted octanol–water partition coefficient (Wildman–Crippen LogP) is 3.01. The van der Waals surface area contributed by atoms with Crippen molar-refractivity contribution in [3.63, 3.8) is 0 Å². The molecule has 0 atom stereocenters. The fraction of sp³-hybridized carbons (Fsp3) is 0.714. The zero-order valence-corrected chi connectivity index (χ0v) is 11.5. The van der Waals surface area contributed by atoms with Gasteiger partial charge in [-0.15, -0.1) is 0 Å². The molecule has 0 saturated heterocycles. The van der Waals surface area contributed by atoms with E-state index < -0.39 is 0 Å². The number of rotatable bonds is 9. The number of furan rings is 1. The second-order valence-corrected chi connectivity index (χ2v) is 4.48. The summed E-state index contributed by atoms with van der Waals surface area (Å²) in [5.74, 6) is 1.08. The predicted molar refractivity (Wildman–Crippen MR) is 71.9 cm³/mol. The summed E-state index contributed by atoms with van der Waals surface area (Å²) in [6.45, 7) is 11.7. The molecule has 0 aliphatic heterocycles. The van der Waals surface area contributed by atoms with Crippen molar-refractivity contribution in [2.24, 2.45) is 0 Å². The van der Waals surface area contributed by atoms with Gasteiger partial charge in [0.25, 0.3) is 0 Å². The van der Waals surface area contributed by atoms with Gasteiger partial charge >= 0.3 is 0 Å². The van der Waals surface area contributed by atoms with Gasteiger partial charge in [-0.25, -0.2) is 0 Å². The third-order valence-electron chi connectivity index (χ3n) is 2.75. The minimum Gasteiger partial charge on any atom is -0.468 e. The van der Waals surface area contributed by atoms with Crippen LogP contribution in [-0.4, -0.2) is 24.5 Å². The summed E-state index contributed by atoms with van der Waals surface area (Å²) >= 11 is 0. The van der Waals surface area contributed by atoms with Crippen LogP contribution in [0.3, 0.4) is 0 Å². The van der Waals surface area contributed by atoms with Crippen LogP contribution in [0.25, 0.3) is 0 Å². The zero-order valence-electron chi connectivity index (χ0n) is 11.5. The molecule has 0 aliphatic rings. The van der Waals surface area contributed by atoms with Crippen LogP contribution in [0.1, 0.15) is 44.9 Å². The van der Waals surface area contributed by atoms with Gasteiger partial charge in [0, 0.05) is 12.1 Å². The van der Waals surface area contributed by atoms with Gasteiger partial charge in [-0.2, -0.15) is 0 Å². The molecule has 17 heavy (non-hydrogen) atoms. The fourth-order valence-corrected chi connectivity index (χ4v) is 1.99. The lowest BCUT2D eigenvalue weighted by molar-refractivity contribution is 0.244. The van der Waals surface area contributed by atoms with Crippen molar-refractivity contribution in [2.75, 3.05) is 19.6 Å². The number of nitrogens with one attached hydrogen (secondary N) is 1. The number of hydrogen-bond acceptors (Lipinski definition) is 3. The summed E-state index contributed by atoms with van der Waals surface area (Å²) in [6, 6.07) is 2.17. The summed E-state index contributed by atoms with van der Waals surface area (Å²) in [7, 11) is 0. The molecule has 0 saturated carbocycles. The van der Waals surface area contributed by atoms with E-state index in [4.69, 9.17) is 4.42 Å². The molecule has 3 heteroatoms. The van der Waals surface area contributed by atoms with Crippen molar-refractivity contribution < 1.29 is 4.42 Å². The Morgan fingerprint density at radius 1 is 1.18 bits per heavy atom. The van der Waals surface area contributed by atoms with Crippen molar-refractivity contribution >= 4 is 0 Å². The van der Waals surface area contributed by atoms with E-state index in [1.807, 2.05) is 6.26 Å². The van der Waals surface area contributed by atoms with Crippen LogP contribution in [0.5, 0.6) is 0 Å². The second-order valence-electron chi connectivity index (χ2n) is 4.48. The largest absolute Gasteiger partial charge is 0.468 e. The van der Waals surface area contributed by atoms with Crippen molar-refractivity contribution in [3.8, 4) is 0 Å². The number of hydrogen-bond donors (Lipinski definition) is 1. The molecule has 0 aliphatic carbocycles. The highest BCUT2D eigenvalue weighted by molar-refractivity contribution is 5.12. The summed E-state index contributed by atoms with van der Waals surface area (Å²) in [4.78, 5) is 2.45. The van der Waals surface area contributed by atoms with Gasteiger partial charge in [-0.3, -0.25) is 4.90 Å². The van der Waals surface area contributed by atoms with Crippen molar-refractivity contribution in [1.82, 2.24) is 10.2 Å². The van der Waals surface area contributed by atoms with Crippen LogP contribution in [0.4, 0.5) is 0 Å². The molecule has 0 aromatic carbocycles. The summed E-state index contributed by atoms with van der Waals surface area (Å²) in [5, 5.41) is 3.31. The molecule has 0 radical (unpaired) electrons. The number of nitrogens with zero attached hydrogens (tertiary/aromatic N) is 1. The van der Waals surface area contributed by atoms with E-state index in [0.29, 0.717) is 0 Å². The Morgan fingerprint density at radius 2 is 1.88 bits per heavy atom. The zero-order chi connectivity index (χ0) is 12.5. The summed E-state index contributed by atoms with van der Waals surface area (Å²) in [5.41, 5.74) is 1.25. The Balaban J connectivity index is 2.45. The van der Waals surface area contributed by atoms with E-state index in [9.17, 15) is 0 Å². The lowest BCUT2D eigenvalue weighted by Gasteiger charge is -2.19. The van der Waals surface area contributed by atoms with Gasteiger partial charge < -0.3 is 9.73 Å². The molecule has 3 nitrogen and oxygen atoms in total. The first-order chi connectivity index (χ1) is 8.30. The standard InChI is InChI=1S/C14H26N2O/c1-4-7-16(8-5-2)11-14-9-13(12-17-14)10-15-6-3/h9,12,15H,4-8,10-11H2,1-3H3. The van der Waals surface area contributed by atoms with Crippen LogP contribution in [0.2, 0.25) is 0 Å². The lowest BCUT2D eigenvalue weighted by atomic mass is 10.3. The van der Waals surface area contributed by atoms with Crippen LogP contribution in [0, 0.1) is 0 Å². The smallest absolute Gasteiger partial charge is 0.118 e. The van der Waals surface area contributed by atoms with Crippen molar-refractivity contribution in [2.45, 2.75) is 46.7 Å². The highest BCUT2D eigenvalue weighted by atomic mass is 16.3. The summed E-state index contributed by atoms with van der Waals surface area (Å²) in [6.07, 6.45) is 4.27. The Kier molecular flexibility index (Phi) is 6.97. The highest BCUT2D eigenvalue weighted by Crippen LogP contribution is 2.11. The minimum atomic E-state index is 0.904. The highest BCUT2D eigenvalue weighted by Gasteiger charge is 2.07. The maximum absolute atomic E-state index is 5.60. The van der Waals surface area contributed by atoms with Gasteiger partial charge in [0.1, 0.15) is 5.76 Å². The molecular formula is C14H26N2O. The second kappa shape index (κ2) is 8.31. The molecular weight excluding hydrogens is 212 g/mol. The van der Waals surface area contributed by atoms with Crippen molar-refractivity contribution in [3.05, 3.63) is 23.7 Å². The van der Waals surface area contributed by atoms with Gasteiger partial charge in [-0.1, -0.05) is 20.8 Å². The Bertz CT molecular complexity index is 290. The average molecular weight is 238 g/mol. The van der Waals surface area contributed by atoms with Crippen LogP contribution in [-0.2, 0) is 13.1 Å². The Hall–Kier alpha value is -0.800. The molecule has 0 bridgehead atoms. The molecule has 0 amide bonds. The lowest BCUT2D eigenvalue weighted by Crippen LogP contribution is -2.24. The van der Waals surface area contributed by atoms with Gasteiger partial charge in [-0.05, 0) is 38.5 Å². The maximum atomic E-state index is 5.60. The monoisotopic (exact) mass is 238 g/mol. The first-order valence-electron chi connectivity index (χ1n) is 6.79. The van der Waals surface area contributed by atoms with E-state index in [1.54, 1.807) is 0 Å². The first kappa shape index (κ1) is 14.3. The van der Waals surface area contributed by atoms with E-state index in [0.717, 1.165) is 38.5 Å². The molecule has 1 rings (SSSR count). The molecule has 1 aromatic heterocycles.